The van der Waals surface area contributed by atoms with Crippen LogP contribution in [-0.4, -0.2) is 42.4 Å². The number of nitrogens with zero attached hydrogens (tertiary/aromatic N) is 1. The number of rotatable bonds is 4. The van der Waals surface area contributed by atoms with Crippen LogP contribution >= 0.6 is 15.9 Å². The van der Waals surface area contributed by atoms with E-state index in [1.54, 1.807) is 12.3 Å². The Morgan fingerprint density at radius 2 is 2.47 bits per heavy atom. The van der Waals surface area contributed by atoms with E-state index in [-0.39, 0.29) is 6.10 Å². The number of aliphatic hydroxyl groups excluding tert-OH is 1. The highest BCUT2D eigenvalue weighted by atomic mass is 79.9. The van der Waals surface area contributed by atoms with Gasteiger partial charge in [0.05, 0.1) is 17.3 Å². The third-order valence-corrected chi connectivity index (χ3v) is 3.64. The van der Waals surface area contributed by atoms with Gasteiger partial charge in [0.15, 0.2) is 0 Å². The van der Waals surface area contributed by atoms with Gasteiger partial charge in [-0.2, -0.15) is 0 Å². The number of halogens is 1. The van der Waals surface area contributed by atoms with E-state index >= 15 is 0 Å². The number of furan rings is 1. The second kappa shape index (κ2) is 6.00. The maximum Gasteiger partial charge on any atom is 0.149 e. The standard InChI is InChI=1S/C12H18BrNO3/c1-2-4-14-5-7-16-10(8-14)11(15)12-9(13)3-6-17-12/h3,6,10-11,15H,2,4-5,7-8H2,1H3. The third-order valence-electron chi connectivity index (χ3n) is 2.98. The quantitative estimate of drug-likeness (QED) is 0.926. The first-order chi connectivity index (χ1) is 8.22. The van der Waals surface area contributed by atoms with Crippen molar-refractivity contribution in [1.82, 2.24) is 4.90 Å². The smallest absolute Gasteiger partial charge is 0.149 e. The fourth-order valence-corrected chi connectivity index (χ4v) is 2.56. The lowest BCUT2D eigenvalue weighted by atomic mass is 10.1. The van der Waals surface area contributed by atoms with Crippen molar-refractivity contribution < 1.29 is 14.3 Å². The van der Waals surface area contributed by atoms with Crippen molar-refractivity contribution in [2.24, 2.45) is 0 Å². The van der Waals surface area contributed by atoms with Crippen LogP contribution in [-0.2, 0) is 4.74 Å². The summed E-state index contributed by atoms with van der Waals surface area (Å²) in [5.74, 6) is 0.549. The van der Waals surface area contributed by atoms with Crippen molar-refractivity contribution in [1.29, 1.82) is 0 Å². The Bertz CT molecular complexity index is 353. The molecule has 0 bridgehead atoms. The second-order valence-electron chi connectivity index (χ2n) is 4.29. The zero-order valence-corrected chi connectivity index (χ0v) is 11.5. The first-order valence-corrected chi connectivity index (χ1v) is 6.76. The average Bonchev–Trinajstić information content (AvgIpc) is 2.75. The molecular weight excluding hydrogens is 286 g/mol. The molecule has 1 fully saturated rings. The molecule has 1 aromatic rings. The largest absolute Gasteiger partial charge is 0.465 e. The van der Waals surface area contributed by atoms with Crippen LogP contribution in [0.15, 0.2) is 21.2 Å². The van der Waals surface area contributed by atoms with E-state index < -0.39 is 6.10 Å². The molecule has 2 unspecified atom stereocenters. The zero-order valence-electron chi connectivity index (χ0n) is 9.93. The topological polar surface area (TPSA) is 45.8 Å². The molecule has 1 aromatic heterocycles. The van der Waals surface area contributed by atoms with Gasteiger partial charge < -0.3 is 14.3 Å². The molecule has 4 nitrogen and oxygen atoms in total. The molecule has 0 aromatic carbocycles. The van der Waals surface area contributed by atoms with Crippen LogP contribution in [0.1, 0.15) is 25.2 Å². The molecule has 2 heterocycles. The molecule has 0 spiro atoms. The number of hydrogen-bond donors (Lipinski definition) is 1. The number of aliphatic hydroxyl groups is 1. The van der Waals surface area contributed by atoms with E-state index in [0.29, 0.717) is 12.4 Å². The molecule has 96 valence electrons. The Morgan fingerprint density at radius 3 is 3.12 bits per heavy atom. The summed E-state index contributed by atoms with van der Waals surface area (Å²) in [5.41, 5.74) is 0. The van der Waals surface area contributed by atoms with Gasteiger partial charge in [-0.3, -0.25) is 4.90 Å². The molecule has 2 atom stereocenters. The molecule has 0 radical (unpaired) electrons. The van der Waals surface area contributed by atoms with Crippen molar-refractivity contribution in [2.75, 3.05) is 26.2 Å². The minimum atomic E-state index is -0.709. The van der Waals surface area contributed by atoms with Gasteiger partial charge >= 0.3 is 0 Å². The van der Waals surface area contributed by atoms with E-state index in [0.717, 1.165) is 30.5 Å². The molecule has 2 rings (SSSR count). The summed E-state index contributed by atoms with van der Waals surface area (Å²) in [4.78, 5) is 2.31. The Kier molecular flexibility index (Phi) is 4.62. The van der Waals surface area contributed by atoms with Gasteiger partial charge in [0.2, 0.25) is 0 Å². The Balaban J connectivity index is 1.99. The third kappa shape index (κ3) is 3.10. The van der Waals surface area contributed by atoms with Crippen LogP contribution in [0.5, 0.6) is 0 Å². The summed E-state index contributed by atoms with van der Waals surface area (Å²) in [6, 6.07) is 1.78. The van der Waals surface area contributed by atoms with Crippen LogP contribution < -0.4 is 0 Å². The predicted molar refractivity (Wildman–Crippen MR) is 67.8 cm³/mol. The SMILES string of the molecule is CCCN1CCOC(C(O)c2occc2Br)C1. The Morgan fingerprint density at radius 1 is 1.65 bits per heavy atom. The van der Waals surface area contributed by atoms with Gasteiger partial charge in [0.1, 0.15) is 18.0 Å². The predicted octanol–water partition coefficient (Wildman–Crippen LogP) is 2.19. The van der Waals surface area contributed by atoms with Gasteiger partial charge in [-0.25, -0.2) is 0 Å². The molecule has 0 aliphatic carbocycles. The lowest BCUT2D eigenvalue weighted by Gasteiger charge is -2.34. The summed E-state index contributed by atoms with van der Waals surface area (Å²) in [6.07, 6.45) is 1.76. The minimum absolute atomic E-state index is 0.210. The molecule has 1 aliphatic heterocycles. The summed E-state index contributed by atoms with van der Waals surface area (Å²) in [6.45, 7) is 5.56. The minimum Gasteiger partial charge on any atom is -0.465 e. The summed E-state index contributed by atoms with van der Waals surface area (Å²) >= 11 is 3.36. The highest BCUT2D eigenvalue weighted by Crippen LogP contribution is 2.29. The average molecular weight is 304 g/mol. The Labute approximate surface area is 110 Å². The second-order valence-corrected chi connectivity index (χ2v) is 5.14. The normalized spacial score (nSPS) is 23.8. The van der Waals surface area contributed by atoms with Gasteiger partial charge in [0, 0.05) is 13.1 Å². The number of morpholine rings is 1. The van der Waals surface area contributed by atoms with Crippen LogP contribution in [0.2, 0.25) is 0 Å². The highest BCUT2D eigenvalue weighted by molar-refractivity contribution is 9.10. The Hall–Kier alpha value is -0.360. The van der Waals surface area contributed by atoms with Crippen LogP contribution in [0.3, 0.4) is 0 Å². The lowest BCUT2D eigenvalue weighted by Crippen LogP contribution is -2.45. The maximum absolute atomic E-state index is 10.2. The van der Waals surface area contributed by atoms with Gasteiger partial charge in [-0.15, -0.1) is 0 Å². The number of ether oxygens (including phenoxy) is 1. The lowest BCUT2D eigenvalue weighted by molar-refractivity contribution is -0.0955. The first kappa shape index (κ1) is 13.1. The molecule has 1 saturated heterocycles. The summed E-state index contributed by atoms with van der Waals surface area (Å²) in [7, 11) is 0. The molecular formula is C12H18BrNO3. The van der Waals surface area contributed by atoms with E-state index in [1.165, 1.54) is 0 Å². The van der Waals surface area contributed by atoms with Crippen molar-refractivity contribution >= 4 is 15.9 Å². The van der Waals surface area contributed by atoms with Gasteiger partial charge in [0.25, 0.3) is 0 Å². The van der Waals surface area contributed by atoms with Crippen molar-refractivity contribution in [3.05, 3.63) is 22.6 Å². The molecule has 1 aliphatic rings. The van der Waals surface area contributed by atoms with Crippen molar-refractivity contribution in [2.45, 2.75) is 25.6 Å². The fourth-order valence-electron chi connectivity index (χ4n) is 2.13. The molecule has 5 heteroatoms. The van der Waals surface area contributed by atoms with E-state index in [4.69, 9.17) is 9.15 Å². The summed E-state index contributed by atoms with van der Waals surface area (Å²) < 4.78 is 11.7. The zero-order chi connectivity index (χ0) is 12.3. The summed E-state index contributed by atoms with van der Waals surface area (Å²) in [5, 5.41) is 10.2. The monoisotopic (exact) mass is 303 g/mol. The van der Waals surface area contributed by atoms with E-state index in [2.05, 4.69) is 27.8 Å². The fraction of sp³-hybridized carbons (Fsp3) is 0.667. The van der Waals surface area contributed by atoms with Gasteiger partial charge in [-0.1, -0.05) is 6.92 Å². The van der Waals surface area contributed by atoms with Crippen LogP contribution in [0.4, 0.5) is 0 Å². The molecule has 1 N–H and O–H groups in total. The maximum atomic E-state index is 10.2. The molecule has 17 heavy (non-hydrogen) atoms. The van der Waals surface area contributed by atoms with Crippen LogP contribution in [0, 0.1) is 0 Å². The van der Waals surface area contributed by atoms with Gasteiger partial charge in [-0.05, 0) is 35.0 Å². The van der Waals surface area contributed by atoms with Crippen LogP contribution in [0.25, 0.3) is 0 Å². The van der Waals surface area contributed by atoms with E-state index in [9.17, 15) is 5.11 Å². The molecule has 0 amide bonds. The van der Waals surface area contributed by atoms with E-state index in [1.807, 2.05) is 0 Å². The van der Waals surface area contributed by atoms with Crippen molar-refractivity contribution in [3.8, 4) is 0 Å². The molecule has 0 saturated carbocycles. The highest BCUT2D eigenvalue weighted by Gasteiger charge is 2.30. The first-order valence-electron chi connectivity index (χ1n) is 5.97. The van der Waals surface area contributed by atoms with Crippen molar-refractivity contribution in [3.63, 3.8) is 0 Å². The number of hydrogen-bond acceptors (Lipinski definition) is 4.